The van der Waals surface area contributed by atoms with E-state index in [9.17, 15) is 4.79 Å². The molecule has 0 aliphatic carbocycles. The van der Waals surface area contributed by atoms with Gasteiger partial charge in [0, 0.05) is 0 Å². The predicted octanol–water partition coefficient (Wildman–Crippen LogP) is 0.500. The molecule has 0 aliphatic heterocycles. The molecule has 0 rings (SSSR count). The summed E-state index contributed by atoms with van der Waals surface area (Å²) in [5.74, 6) is -0.160. The van der Waals surface area contributed by atoms with Gasteiger partial charge in [-0.15, -0.1) is 0 Å². The highest BCUT2D eigenvalue weighted by atomic mass is 16.5. The van der Waals surface area contributed by atoms with Crippen molar-refractivity contribution in [3.05, 3.63) is 0 Å². The average Bonchev–Trinajstić information content (AvgIpc) is 1.87. The zero-order valence-corrected chi connectivity index (χ0v) is 7.05. The molecule has 0 amide bonds. The van der Waals surface area contributed by atoms with Crippen molar-refractivity contribution in [3.63, 3.8) is 0 Å². The van der Waals surface area contributed by atoms with E-state index < -0.39 is 0 Å². The SMILES string of the molecule is CCOC(=O)[C@H](C)N(C)C. The van der Waals surface area contributed by atoms with E-state index >= 15 is 0 Å². The van der Waals surface area contributed by atoms with Gasteiger partial charge in [-0.25, -0.2) is 0 Å². The Morgan fingerprint density at radius 2 is 2.10 bits per heavy atom. The van der Waals surface area contributed by atoms with Crippen molar-refractivity contribution < 1.29 is 9.53 Å². The Morgan fingerprint density at radius 1 is 1.60 bits per heavy atom. The van der Waals surface area contributed by atoms with E-state index in [0.717, 1.165) is 0 Å². The quantitative estimate of drug-likeness (QED) is 0.542. The number of hydrogen-bond acceptors (Lipinski definition) is 3. The number of ether oxygens (including phenoxy) is 1. The molecule has 0 radical (unpaired) electrons. The van der Waals surface area contributed by atoms with E-state index in [-0.39, 0.29) is 12.0 Å². The minimum Gasteiger partial charge on any atom is -0.465 e. The second kappa shape index (κ2) is 4.28. The maximum atomic E-state index is 10.9. The Balaban J connectivity index is 3.71. The first-order chi connectivity index (χ1) is 4.59. The molecule has 1 atom stereocenters. The molecule has 0 fully saturated rings. The van der Waals surface area contributed by atoms with Gasteiger partial charge >= 0.3 is 5.97 Å². The van der Waals surface area contributed by atoms with Crippen molar-refractivity contribution >= 4 is 5.97 Å². The lowest BCUT2D eigenvalue weighted by atomic mass is 10.3. The van der Waals surface area contributed by atoms with Crippen LogP contribution in [0.4, 0.5) is 0 Å². The van der Waals surface area contributed by atoms with Crippen LogP contribution in [0.15, 0.2) is 0 Å². The molecule has 0 aromatic rings. The van der Waals surface area contributed by atoms with Gasteiger partial charge in [-0.3, -0.25) is 9.69 Å². The summed E-state index contributed by atoms with van der Waals surface area (Å²) in [7, 11) is 3.70. The number of nitrogens with zero attached hydrogens (tertiary/aromatic N) is 1. The van der Waals surface area contributed by atoms with E-state index in [1.165, 1.54) is 0 Å². The van der Waals surface area contributed by atoms with Crippen LogP contribution in [-0.4, -0.2) is 37.6 Å². The number of carbonyl (C=O) groups is 1. The Bertz CT molecular complexity index is 112. The van der Waals surface area contributed by atoms with Gasteiger partial charge in [0.15, 0.2) is 0 Å². The fourth-order valence-electron chi connectivity index (χ4n) is 0.474. The summed E-state index contributed by atoms with van der Waals surface area (Å²) in [4.78, 5) is 12.7. The third-order valence-corrected chi connectivity index (χ3v) is 1.40. The lowest BCUT2D eigenvalue weighted by Crippen LogP contribution is -2.34. The van der Waals surface area contributed by atoms with E-state index in [2.05, 4.69) is 0 Å². The van der Waals surface area contributed by atoms with Crippen LogP contribution in [0.1, 0.15) is 13.8 Å². The standard InChI is InChI=1S/C7H15NO2/c1-5-10-7(9)6(2)8(3)4/h6H,5H2,1-4H3/t6-/m0/s1. The monoisotopic (exact) mass is 145 g/mol. The smallest absolute Gasteiger partial charge is 0.323 e. The highest BCUT2D eigenvalue weighted by Gasteiger charge is 2.14. The van der Waals surface area contributed by atoms with Crippen molar-refractivity contribution in [3.8, 4) is 0 Å². The van der Waals surface area contributed by atoms with Gasteiger partial charge in [0.1, 0.15) is 6.04 Å². The van der Waals surface area contributed by atoms with Gasteiger partial charge in [-0.2, -0.15) is 0 Å². The van der Waals surface area contributed by atoms with E-state index in [4.69, 9.17) is 4.74 Å². The fourth-order valence-corrected chi connectivity index (χ4v) is 0.474. The Hall–Kier alpha value is -0.570. The van der Waals surface area contributed by atoms with Crippen molar-refractivity contribution in [1.82, 2.24) is 4.90 Å². The predicted molar refractivity (Wildman–Crippen MR) is 39.8 cm³/mol. The minimum atomic E-state index is -0.160. The highest BCUT2D eigenvalue weighted by Crippen LogP contribution is 1.93. The molecule has 3 heteroatoms. The topological polar surface area (TPSA) is 29.5 Å². The average molecular weight is 145 g/mol. The molecule has 0 aromatic carbocycles. The summed E-state index contributed by atoms with van der Waals surface area (Å²) >= 11 is 0. The lowest BCUT2D eigenvalue weighted by Gasteiger charge is -2.17. The summed E-state index contributed by atoms with van der Waals surface area (Å²) in [6.07, 6.45) is 0. The van der Waals surface area contributed by atoms with E-state index in [1.807, 2.05) is 25.9 Å². The van der Waals surface area contributed by atoms with Crippen molar-refractivity contribution in [2.24, 2.45) is 0 Å². The molecule has 0 unspecified atom stereocenters. The number of hydrogen-bond donors (Lipinski definition) is 0. The van der Waals surface area contributed by atoms with Crippen molar-refractivity contribution in [2.75, 3.05) is 20.7 Å². The second-order valence-corrected chi connectivity index (χ2v) is 2.39. The normalized spacial score (nSPS) is 13.3. The molecular formula is C7H15NO2. The highest BCUT2D eigenvalue weighted by molar-refractivity contribution is 5.75. The van der Waals surface area contributed by atoms with E-state index in [0.29, 0.717) is 6.61 Å². The Labute approximate surface area is 62.0 Å². The van der Waals surface area contributed by atoms with Crippen LogP contribution >= 0.6 is 0 Å². The maximum Gasteiger partial charge on any atom is 0.323 e. The van der Waals surface area contributed by atoms with Crippen LogP contribution < -0.4 is 0 Å². The first-order valence-electron chi connectivity index (χ1n) is 3.42. The maximum absolute atomic E-state index is 10.9. The summed E-state index contributed by atoms with van der Waals surface area (Å²) in [5.41, 5.74) is 0. The first kappa shape index (κ1) is 9.43. The van der Waals surface area contributed by atoms with Gasteiger partial charge in [0.25, 0.3) is 0 Å². The molecule has 3 nitrogen and oxygen atoms in total. The van der Waals surface area contributed by atoms with Crippen LogP contribution in [-0.2, 0) is 9.53 Å². The molecule has 0 heterocycles. The number of carbonyl (C=O) groups excluding carboxylic acids is 1. The summed E-state index contributed by atoms with van der Waals surface area (Å²) in [6, 6.07) is -0.139. The van der Waals surface area contributed by atoms with Crippen LogP contribution in [0.5, 0.6) is 0 Å². The lowest BCUT2D eigenvalue weighted by molar-refractivity contribution is -0.147. The molecule has 60 valence electrons. The molecule has 10 heavy (non-hydrogen) atoms. The van der Waals surface area contributed by atoms with Crippen LogP contribution in [0, 0.1) is 0 Å². The molecule has 0 N–H and O–H groups in total. The third kappa shape index (κ3) is 2.82. The van der Waals surface area contributed by atoms with Crippen LogP contribution in [0.3, 0.4) is 0 Å². The molecule has 0 saturated carbocycles. The minimum absolute atomic E-state index is 0.139. The molecule has 0 bridgehead atoms. The molecule has 0 aliphatic rings. The van der Waals surface area contributed by atoms with Gasteiger partial charge in [0.05, 0.1) is 6.61 Å². The zero-order valence-electron chi connectivity index (χ0n) is 7.05. The van der Waals surface area contributed by atoms with Crippen molar-refractivity contribution in [1.29, 1.82) is 0 Å². The zero-order chi connectivity index (χ0) is 8.15. The summed E-state index contributed by atoms with van der Waals surface area (Å²) in [5, 5.41) is 0. The first-order valence-corrected chi connectivity index (χ1v) is 3.42. The largest absolute Gasteiger partial charge is 0.465 e. The molecular weight excluding hydrogens is 130 g/mol. The van der Waals surface area contributed by atoms with Crippen molar-refractivity contribution in [2.45, 2.75) is 19.9 Å². The molecule has 0 spiro atoms. The van der Waals surface area contributed by atoms with E-state index in [1.54, 1.807) is 6.92 Å². The summed E-state index contributed by atoms with van der Waals surface area (Å²) in [6.45, 7) is 4.08. The number of rotatable bonds is 3. The van der Waals surface area contributed by atoms with Gasteiger partial charge < -0.3 is 4.74 Å². The van der Waals surface area contributed by atoms with Gasteiger partial charge in [-0.05, 0) is 27.9 Å². The molecule has 0 aromatic heterocycles. The molecule has 0 saturated heterocycles. The van der Waals surface area contributed by atoms with Crippen LogP contribution in [0.2, 0.25) is 0 Å². The Morgan fingerprint density at radius 3 is 2.40 bits per heavy atom. The number of esters is 1. The van der Waals surface area contributed by atoms with Crippen LogP contribution in [0.25, 0.3) is 0 Å². The second-order valence-electron chi connectivity index (χ2n) is 2.39. The fraction of sp³-hybridized carbons (Fsp3) is 0.857. The number of likely N-dealkylation sites (N-methyl/N-ethyl adjacent to an activating group) is 1. The Kier molecular flexibility index (Phi) is 4.03. The third-order valence-electron chi connectivity index (χ3n) is 1.40. The van der Waals surface area contributed by atoms with Gasteiger partial charge in [-0.1, -0.05) is 0 Å². The summed E-state index contributed by atoms with van der Waals surface area (Å²) < 4.78 is 4.78. The van der Waals surface area contributed by atoms with Gasteiger partial charge in [0.2, 0.25) is 0 Å².